The highest BCUT2D eigenvalue weighted by Gasteiger charge is 2.60. The zero-order valence-corrected chi connectivity index (χ0v) is 14.2. The summed E-state index contributed by atoms with van der Waals surface area (Å²) in [4.78, 5) is 26.2. The Morgan fingerprint density at radius 1 is 1.58 bits per heavy atom. The van der Waals surface area contributed by atoms with E-state index in [-0.39, 0.29) is 41.7 Å². The molecule has 1 aromatic rings. The molecule has 3 atom stereocenters. The Labute approximate surface area is 140 Å². The van der Waals surface area contributed by atoms with E-state index in [0.29, 0.717) is 12.4 Å². The lowest BCUT2D eigenvalue weighted by Crippen LogP contribution is -2.65. The molecule has 0 bridgehead atoms. The lowest BCUT2D eigenvalue weighted by atomic mass is 9.57. The van der Waals surface area contributed by atoms with Crippen LogP contribution in [0.4, 0.5) is 5.82 Å². The standard InChI is InChI=1S/C16H23N3O5/c1-10-17-12(19(21)22)9-18(10)7-6-13(20)24-15-11-5-4-8-23-14(11)16(15,2)3/h9,11,14-15H,4-8H2,1-3H3. The predicted octanol–water partition coefficient (Wildman–Crippen LogP) is 2.24. The van der Waals surface area contributed by atoms with E-state index in [4.69, 9.17) is 9.47 Å². The third-order valence-electron chi connectivity index (χ3n) is 5.19. The van der Waals surface area contributed by atoms with E-state index in [0.717, 1.165) is 19.4 Å². The normalized spacial score (nSPS) is 27.9. The number of imidazole rings is 1. The van der Waals surface area contributed by atoms with E-state index in [1.165, 1.54) is 6.20 Å². The average Bonchev–Trinajstić information content (AvgIpc) is 2.92. The molecule has 1 aliphatic carbocycles. The molecule has 8 nitrogen and oxygen atoms in total. The Morgan fingerprint density at radius 2 is 2.33 bits per heavy atom. The van der Waals surface area contributed by atoms with Gasteiger partial charge in [-0.15, -0.1) is 0 Å². The Kier molecular flexibility index (Phi) is 4.33. The molecule has 0 aromatic carbocycles. The number of rotatable bonds is 5. The van der Waals surface area contributed by atoms with Gasteiger partial charge in [-0.3, -0.25) is 4.79 Å². The lowest BCUT2D eigenvalue weighted by molar-refractivity contribution is -0.389. The van der Waals surface area contributed by atoms with Crippen LogP contribution in [0, 0.1) is 28.4 Å². The first-order valence-corrected chi connectivity index (χ1v) is 8.30. The van der Waals surface area contributed by atoms with E-state index in [1.807, 2.05) is 0 Å². The minimum Gasteiger partial charge on any atom is -0.461 e. The van der Waals surface area contributed by atoms with Gasteiger partial charge in [0.2, 0.25) is 5.82 Å². The number of carbonyl (C=O) groups is 1. The van der Waals surface area contributed by atoms with E-state index in [2.05, 4.69) is 18.8 Å². The van der Waals surface area contributed by atoms with Crippen LogP contribution in [0.15, 0.2) is 6.20 Å². The highest BCUT2D eigenvalue weighted by atomic mass is 16.6. The molecule has 0 amide bonds. The second-order valence-electron chi connectivity index (χ2n) is 7.18. The third kappa shape index (κ3) is 2.90. The van der Waals surface area contributed by atoms with Gasteiger partial charge in [-0.05, 0) is 22.7 Å². The summed E-state index contributed by atoms with van der Waals surface area (Å²) in [6, 6.07) is 0. The predicted molar refractivity (Wildman–Crippen MR) is 84.4 cm³/mol. The van der Waals surface area contributed by atoms with Gasteiger partial charge < -0.3 is 24.2 Å². The van der Waals surface area contributed by atoms with Crippen molar-refractivity contribution >= 4 is 11.8 Å². The van der Waals surface area contributed by atoms with E-state index < -0.39 is 4.92 Å². The fraction of sp³-hybridized carbons (Fsp3) is 0.750. The maximum absolute atomic E-state index is 12.2. The SMILES string of the molecule is Cc1nc([N+](=O)[O-])cn1CCC(=O)OC1C2CCCOC2C1(C)C. The zero-order chi connectivity index (χ0) is 17.5. The highest BCUT2D eigenvalue weighted by molar-refractivity contribution is 5.69. The van der Waals surface area contributed by atoms with Crippen LogP contribution < -0.4 is 0 Å². The second-order valence-corrected chi connectivity index (χ2v) is 7.18. The minimum absolute atomic E-state index is 0.117. The molecule has 3 unspecified atom stereocenters. The van der Waals surface area contributed by atoms with Gasteiger partial charge in [0.1, 0.15) is 12.3 Å². The molecule has 8 heteroatoms. The number of ether oxygens (including phenoxy) is 2. The van der Waals surface area contributed by atoms with Crippen LogP contribution in [0.25, 0.3) is 0 Å². The molecule has 24 heavy (non-hydrogen) atoms. The number of hydrogen-bond acceptors (Lipinski definition) is 6. The number of hydrogen-bond donors (Lipinski definition) is 0. The molecular formula is C16H23N3O5. The zero-order valence-electron chi connectivity index (χ0n) is 14.2. The summed E-state index contributed by atoms with van der Waals surface area (Å²) in [5, 5.41) is 10.7. The van der Waals surface area contributed by atoms with Crippen molar-refractivity contribution in [2.24, 2.45) is 11.3 Å². The maximum Gasteiger partial charge on any atom is 0.381 e. The largest absolute Gasteiger partial charge is 0.461 e. The van der Waals surface area contributed by atoms with Crippen LogP contribution in [-0.4, -0.2) is 39.3 Å². The van der Waals surface area contributed by atoms with Crippen LogP contribution in [-0.2, 0) is 20.8 Å². The summed E-state index contributed by atoms with van der Waals surface area (Å²) in [6.07, 6.45) is 3.60. The van der Waals surface area contributed by atoms with Gasteiger partial charge in [-0.1, -0.05) is 13.8 Å². The Hall–Kier alpha value is -1.96. The van der Waals surface area contributed by atoms with Crippen molar-refractivity contribution in [3.8, 4) is 0 Å². The van der Waals surface area contributed by atoms with Gasteiger partial charge in [0.25, 0.3) is 0 Å². The van der Waals surface area contributed by atoms with E-state index in [1.54, 1.807) is 11.5 Å². The molecule has 0 spiro atoms. The summed E-state index contributed by atoms with van der Waals surface area (Å²) in [5.74, 6) is 0.309. The van der Waals surface area contributed by atoms with Crippen molar-refractivity contribution in [3.05, 3.63) is 22.1 Å². The molecule has 2 aliphatic rings. The van der Waals surface area contributed by atoms with Crippen LogP contribution in [0.5, 0.6) is 0 Å². The lowest BCUT2D eigenvalue weighted by Gasteiger charge is -2.58. The number of carbonyl (C=O) groups excluding carboxylic acids is 1. The van der Waals surface area contributed by atoms with Crippen molar-refractivity contribution in [1.29, 1.82) is 0 Å². The number of esters is 1. The molecule has 0 N–H and O–H groups in total. The van der Waals surface area contributed by atoms with Crippen molar-refractivity contribution in [2.75, 3.05) is 6.61 Å². The maximum atomic E-state index is 12.2. The number of nitrogens with zero attached hydrogens (tertiary/aromatic N) is 3. The van der Waals surface area contributed by atoms with Crippen molar-refractivity contribution in [2.45, 2.75) is 58.8 Å². The molecule has 1 saturated heterocycles. The molecule has 1 saturated carbocycles. The van der Waals surface area contributed by atoms with Gasteiger partial charge in [0.05, 0.1) is 12.5 Å². The van der Waals surface area contributed by atoms with Gasteiger partial charge in [0.15, 0.2) is 0 Å². The monoisotopic (exact) mass is 337 g/mol. The molecule has 0 radical (unpaired) electrons. The van der Waals surface area contributed by atoms with Crippen molar-refractivity contribution < 1.29 is 19.2 Å². The Bertz CT molecular complexity index is 654. The van der Waals surface area contributed by atoms with Crippen molar-refractivity contribution in [3.63, 3.8) is 0 Å². The molecular weight excluding hydrogens is 314 g/mol. The number of aryl methyl sites for hydroxylation is 2. The quantitative estimate of drug-likeness (QED) is 0.464. The van der Waals surface area contributed by atoms with E-state index >= 15 is 0 Å². The topological polar surface area (TPSA) is 96.5 Å². The fourth-order valence-electron chi connectivity index (χ4n) is 3.93. The van der Waals surface area contributed by atoms with Crippen LogP contribution in [0.3, 0.4) is 0 Å². The first-order valence-electron chi connectivity index (χ1n) is 8.30. The van der Waals surface area contributed by atoms with E-state index in [9.17, 15) is 14.9 Å². The molecule has 3 rings (SSSR count). The summed E-state index contributed by atoms with van der Waals surface area (Å²) < 4.78 is 13.1. The molecule has 1 aromatic heterocycles. The minimum atomic E-state index is -0.540. The van der Waals surface area contributed by atoms with Gasteiger partial charge in [0, 0.05) is 31.4 Å². The fourth-order valence-corrected chi connectivity index (χ4v) is 3.93. The Morgan fingerprint density at radius 3 is 3.00 bits per heavy atom. The highest BCUT2D eigenvalue weighted by Crippen LogP contribution is 2.53. The van der Waals surface area contributed by atoms with Gasteiger partial charge in [-0.25, -0.2) is 0 Å². The Balaban J connectivity index is 1.55. The second kappa shape index (κ2) is 6.16. The smallest absolute Gasteiger partial charge is 0.381 e. The average molecular weight is 337 g/mol. The third-order valence-corrected chi connectivity index (χ3v) is 5.19. The van der Waals surface area contributed by atoms with Gasteiger partial charge >= 0.3 is 11.8 Å². The number of nitro groups is 1. The van der Waals surface area contributed by atoms with Crippen molar-refractivity contribution in [1.82, 2.24) is 9.55 Å². The first kappa shape index (κ1) is 16.9. The summed E-state index contributed by atoms with van der Waals surface area (Å²) >= 11 is 0. The molecule has 132 valence electrons. The number of fused-ring (bicyclic) bond motifs is 1. The molecule has 1 aliphatic heterocycles. The van der Waals surface area contributed by atoms with Crippen LogP contribution in [0.2, 0.25) is 0 Å². The molecule has 2 heterocycles. The van der Waals surface area contributed by atoms with Crippen LogP contribution in [0.1, 0.15) is 38.9 Å². The van der Waals surface area contributed by atoms with Gasteiger partial charge in [-0.2, -0.15) is 0 Å². The first-order chi connectivity index (χ1) is 11.3. The summed E-state index contributed by atoms with van der Waals surface area (Å²) in [6.45, 7) is 6.92. The number of aromatic nitrogens is 2. The summed E-state index contributed by atoms with van der Waals surface area (Å²) in [5.41, 5.74) is -0.162. The summed E-state index contributed by atoms with van der Waals surface area (Å²) in [7, 11) is 0. The van der Waals surface area contributed by atoms with Crippen LogP contribution >= 0.6 is 0 Å². The molecule has 2 fully saturated rings.